The molecule has 1 saturated heterocycles. The third-order valence-corrected chi connectivity index (χ3v) is 4.72. The lowest BCUT2D eigenvalue weighted by Crippen LogP contribution is -2.48. The number of nitrogens with one attached hydrogen (secondary N) is 1. The van der Waals surface area contributed by atoms with E-state index in [1.54, 1.807) is 6.92 Å². The molecule has 0 unspecified atom stereocenters. The quantitative estimate of drug-likeness (QED) is 0.901. The number of anilines is 2. The van der Waals surface area contributed by atoms with Crippen molar-refractivity contribution >= 4 is 23.2 Å². The molecule has 136 valence electrons. The van der Waals surface area contributed by atoms with E-state index in [1.165, 1.54) is 5.56 Å². The fourth-order valence-corrected chi connectivity index (χ4v) is 3.16. The van der Waals surface area contributed by atoms with Gasteiger partial charge in [-0.3, -0.25) is 9.59 Å². The standard InChI is InChI=1S/C21H25N3O2/c1-17(25)23-13-15-24(16-14-23)20-10-8-19(9-11-20)22-21(26)12-7-18-5-3-2-4-6-18/h2-6,8-11H,7,12-16H2,1H3,(H,22,26). The second-order valence-electron chi connectivity index (χ2n) is 6.57. The summed E-state index contributed by atoms with van der Waals surface area (Å²) in [7, 11) is 0. The summed E-state index contributed by atoms with van der Waals surface area (Å²) < 4.78 is 0. The molecule has 2 aromatic rings. The Labute approximate surface area is 154 Å². The molecule has 3 rings (SSSR count). The number of benzene rings is 2. The fraction of sp³-hybridized carbons (Fsp3) is 0.333. The van der Waals surface area contributed by atoms with Crippen LogP contribution in [0, 0.1) is 0 Å². The molecule has 26 heavy (non-hydrogen) atoms. The van der Waals surface area contributed by atoms with Gasteiger partial charge in [0.05, 0.1) is 0 Å². The molecule has 1 aliphatic rings. The summed E-state index contributed by atoms with van der Waals surface area (Å²) in [5, 5.41) is 2.95. The minimum Gasteiger partial charge on any atom is -0.368 e. The van der Waals surface area contributed by atoms with Gasteiger partial charge in [0.15, 0.2) is 0 Å². The zero-order valence-corrected chi connectivity index (χ0v) is 15.1. The van der Waals surface area contributed by atoms with E-state index in [0.29, 0.717) is 6.42 Å². The predicted molar refractivity (Wildman–Crippen MR) is 104 cm³/mol. The molecule has 0 atom stereocenters. The molecule has 0 spiro atoms. The largest absolute Gasteiger partial charge is 0.368 e. The number of carbonyl (C=O) groups excluding carboxylic acids is 2. The van der Waals surface area contributed by atoms with Gasteiger partial charge in [-0.15, -0.1) is 0 Å². The van der Waals surface area contributed by atoms with E-state index in [9.17, 15) is 9.59 Å². The summed E-state index contributed by atoms with van der Waals surface area (Å²) in [5.41, 5.74) is 3.10. The van der Waals surface area contributed by atoms with Gasteiger partial charge in [0, 0.05) is 50.9 Å². The first-order valence-electron chi connectivity index (χ1n) is 9.06. The second-order valence-corrected chi connectivity index (χ2v) is 6.57. The Kier molecular flexibility index (Phi) is 5.89. The SMILES string of the molecule is CC(=O)N1CCN(c2ccc(NC(=O)CCc3ccccc3)cc2)CC1. The summed E-state index contributed by atoms with van der Waals surface area (Å²) in [4.78, 5) is 27.7. The number of carbonyl (C=O) groups is 2. The van der Waals surface area contributed by atoms with Crippen LogP contribution >= 0.6 is 0 Å². The zero-order chi connectivity index (χ0) is 18.4. The summed E-state index contributed by atoms with van der Waals surface area (Å²) in [6.45, 7) is 4.80. The lowest BCUT2D eigenvalue weighted by Gasteiger charge is -2.35. The number of amides is 2. The maximum absolute atomic E-state index is 12.1. The number of hydrogen-bond acceptors (Lipinski definition) is 3. The maximum Gasteiger partial charge on any atom is 0.224 e. The lowest BCUT2D eigenvalue weighted by atomic mass is 10.1. The van der Waals surface area contributed by atoms with Gasteiger partial charge in [0.25, 0.3) is 0 Å². The Morgan fingerprint density at radius 3 is 2.19 bits per heavy atom. The molecule has 2 amide bonds. The Bertz CT molecular complexity index is 736. The van der Waals surface area contributed by atoms with Gasteiger partial charge in [-0.05, 0) is 36.2 Å². The zero-order valence-electron chi connectivity index (χ0n) is 15.1. The van der Waals surface area contributed by atoms with Crippen LogP contribution in [0.15, 0.2) is 54.6 Å². The van der Waals surface area contributed by atoms with E-state index >= 15 is 0 Å². The first-order valence-corrected chi connectivity index (χ1v) is 9.06. The molecule has 5 nitrogen and oxygen atoms in total. The Hall–Kier alpha value is -2.82. The summed E-state index contributed by atoms with van der Waals surface area (Å²) >= 11 is 0. The number of piperazine rings is 1. The minimum atomic E-state index is 0.0247. The third kappa shape index (κ3) is 4.85. The monoisotopic (exact) mass is 351 g/mol. The van der Waals surface area contributed by atoms with Crippen LogP contribution in [0.5, 0.6) is 0 Å². The van der Waals surface area contributed by atoms with E-state index in [-0.39, 0.29) is 11.8 Å². The molecule has 0 aliphatic carbocycles. The van der Waals surface area contributed by atoms with Gasteiger partial charge < -0.3 is 15.1 Å². The van der Waals surface area contributed by atoms with Crippen molar-refractivity contribution in [2.24, 2.45) is 0 Å². The number of nitrogens with zero attached hydrogens (tertiary/aromatic N) is 2. The number of aryl methyl sites for hydroxylation is 1. The molecule has 5 heteroatoms. The maximum atomic E-state index is 12.1. The van der Waals surface area contributed by atoms with Crippen LogP contribution in [0.4, 0.5) is 11.4 Å². The highest BCUT2D eigenvalue weighted by molar-refractivity contribution is 5.91. The predicted octanol–water partition coefficient (Wildman–Crippen LogP) is 2.93. The van der Waals surface area contributed by atoms with Crippen molar-refractivity contribution < 1.29 is 9.59 Å². The highest BCUT2D eigenvalue weighted by atomic mass is 16.2. The number of hydrogen-bond donors (Lipinski definition) is 1. The van der Waals surface area contributed by atoms with Crippen LogP contribution in [0.25, 0.3) is 0 Å². The van der Waals surface area contributed by atoms with Crippen LogP contribution in [0.2, 0.25) is 0 Å². The molecule has 1 aliphatic heterocycles. The summed E-state index contributed by atoms with van der Waals surface area (Å²) in [6.07, 6.45) is 1.21. The van der Waals surface area contributed by atoms with Gasteiger partial charge in [0.1, 0.15) is 0 Å². The molecule has 0 aromatic heterocycles. The van der Waals surface area contributed by atoms with E-state index in [2.05, 4.69) is 10.2 Å². The van der Waals surface area contributed by atoms with Crippen LogP contribution in [0.1, 0.15) is 18.9 Å². The van der Waals surface area contributed by atoms with Crippen molar-refractivity contribution in [1.82, 2.24) is 4.90 Å². The molecule has 0 saturated carbocycles. The molecule has 1 fully saturated rings. The topological polar surface area (TPSA) is 52.7 Å². The summed E-state index contributed by atoms with van der Waals surface area (Å²) in [6, 6.07) is 17.9. The molecule has 2 aromatic carbocycles. The Morgan fingerprint density at radius 1 is 0.923 bits per heavy atom. The van der Waals surface area contributed by atoms with Crippen molar-refractivity contribution in [3.05, 3.63) is 60.2 Å². The van der Waals surface area contributed by atoms with Gasteiger partial charge in [0.2, 0.25) is 11.8 Å². The van der Waals surface area contributed by atoms with Crippen molar-refractivity contribution in [3.63, 3.8) is 0 Å². The first-order chi connectivity index (χ1) is 12.6. The van der Waals surface area contributed by atoms with Crippen LogP contribution < -0.4 is 10.2 Å². The van der Waals surface area contributed by atoms with E-state index < -0.39 is 0 Å². The smallest absolute Gasteiger partial charge is 0.224 e. The van der Waals surface area contributed by atoms with Gasteiger partial charge in [-0.25, -0.2) is 0 Å². The molecular formula is C21H25N3O2. The van der Waals surface area contributed by atoms with Gasteiger partial charge >= 0.3 is 0 Å². The Morgan fingerprint density at radius 2 is 1.58 bits per heavy atom. The molecule has 1 N–H and O–H groups in total. The second kappa shape index (κ2) is 8.52. The highest BCUT2D eigenvalue weighted by Crippen LogP contribution is 2.20. The van der Waals surface area contributed by atoms with Crippen LogP contribution in [-0.4, -0.2) is 42.9 Å². The van der Waals surface area contributed by atoms with E-state index in [0.717, 1.165) is 44.0 Å². The molecule has 0 bridgehead atoms. The van der Waals surface area contributed by atoms with E-state index in [4.69, 9.17) is 0 Å². The summed E-state index contributed by atoms with van der Waals surface area (Å²) in [5.74, 6) is 0.162. The van der Waals surface area contributed by atoms with Crippen molar-refractivity contribution in [2.75, 3.05) is 36.4 Å². The fourth-order valence-electron chi connectivity index (χ4n) is 3.16. The normalized spacial score (nSPS) is 14.2. The van der Waals surface area contributed by atoms with Crippen LogP contribution in [0.3, 0.4) is 0 Å². The van der Waals surface area contributed by atoms with E-state index in [1.807, 2.05) is 59.5 Å². The van der Waals surface area contributed by atoms with Crippen molar-refractivity contribution in [2.45, 2.75) is 19.8 Å². The van der Waals surface area contributed by atoms with Crippen LogP contribution in [-0.2, 0) is 16.0 Å². The third-order valence-electron chi connectivity index (χ3n) is 4.72. The number of rotatable bonds is 5. The van der Waals surface area contributed by atoms with Crippen molar-refractivity contribution in [1.29, 1.82) is 0 Å². The molecule has 1 heterocycles. The average Bonchev–Trinajstić information content (AvgIpc) is 2.68. The van der Waals surface area contributed by atoms with Gasteiger partial charge in [-0.1, -0.05) is 30.3 Å². The van der Waals surface area contributed by atoms with Crippen molar-refractivity contribution in [3.8, 4) is 0 Å². The average molecular weight is 351 g/mol. The Balaban J connectivity index is 1.48. The minimum absolute atomic E-state index is 0.0247. The van der Waals surface area contributed by atoms with Gasteiger partial charge in [-0.2, -0.15) is 0 Å². The molecule has 0 radical (unpaired) electrons. The highest BCUT2D eigenvalue weighted by Gasteiger charge is 2.18. The first kappa shape index (κ1) is 18.0. The molecular weight excluding hydrogens is 326 g/mol. The lowest BCUT2D eigenvalue weighted by molar-refractivity contribution is -0.129.